The molecular weight excluding hydrogens is 711 g/mol. The fourth-order valence-corrected chi connectivity index (χ4v) is 10.2. The van der Waals surface area contributed by atoms with Crippen LogP contribution in [0.15, 0.2) is 200 Å². The fraction of sp³-hybridized carbons (Fsp3) is 0. The standard InChI is InChI=1S/C53H33N3S/c1-4-15-34(16-5-1)37-32-44(35-17-6-2-7-18-35)54-45(33-37)36-19-14-22-39(31-36)56-46-25-12-10-23-40(46)41-28-30-49-51(52(41)56)43-27-29-48-50(53(43)57-49)42-24-11-13-26-47(42)55(48)38-20-8-3-9-21-38/h1-33H. The molecule has 0 radical (unpaired) electrons. The largest absolute Gasteiger partial charge is 0.309 e. The van der Waals surface area contributed by atoms with Gasteiger partial charge in [-0.25, -0.2) is 4.98 Å². The third-order valence-corrected chi connectivity index (χ3v) is 12.7. The molecule has 4 heterocycles. The number of rotatable bonds is 5. The topological polar surface area (TPSA) is 22.8 Å². The number of pyridine rings is 1. The van der Waals surface area contributed by atoms with Gasteiger partial charge in [0.15, 0.2) is 0 Å². The Balaban J connectivity index is 1.12. The van der Waals surface area contributed by atoms with Gasteiger partial charge in [-0.1, -0.05) is 140 Å². The highest BCUT2D eigenvalue weighted by Crippen LogP contribution is 2.47. The Hall–Kier alpha value is -7.27. The van der Waals surface area contributed by atoms with Gasteiger partial charge >= 0.3 is 0 Å². The molecule has 8 aromatic carbocycles. The van der Waals surface area contributed by atoms with Crippen molar-refractivity contribution in [3.05, 3.63) is 200 Å². The highest BCUT2D eigenvalue weighted by molar-refractivity contribution is 7.27. The molecule has 0 amide bonds. The molecule has 12 rings (SSSR count). The lowest BCUT2D eigenvalue weighted by Crippen LogP contribution is -1.96. The Morgan fingerprint density at radius 1 is 0.351 bits per heavy atom. The minimum absolute atomic E-state index is 0.946. The second kappa shape index (κ2) is 12.6. The van der Waals surface area contributed by atoms with Crippen LogP contribution in [0.25, 0.3) is 109 Å². The van der Waals surface area contributed by atoms with E-state index in [4.69, 9.17) is 4.98 Å². The van der Waals surface area contributed by atoms with Crippen LogP contribution in [0.2, 0.25) is 0 Å². The molecule has 4 aromatic heterocycles. The number of nitrogens with zero attached hydrogens (tertiary/aromatic N) is 3. The summed E-state index contributed by atoms with van der Waals surface area (Å²) in [5, 5.41) is 7.67. The fourth-order valence-electron chi connectivity index (χ4n) is 8.99. The third kappa shape index (κ3) is 4.94. The number of fused-ring (bicyclic) bond motifs is 11. The van der Waals surface area contributed by atoms with Crippen LogP contribution in [0.4, 0.5) is 0 Å². The summed E-state index contributed by atoms with van der Waals surface area (Å²) in [6, 6.07) is 72.2. The summed E-state index contributed by atoms with van der Waals surface area (Å²) in [6.45, 7) is 0. The second-order valence-electron chi connectivity index (χ2n) is 14.7. The lowest BCUT2D eigenvalue weighted by Gasteiger charge is -2.13. The number of benzene rings is 8. The van der Waals surface area contributed by atoms with E-state index in [1.807, 2.05) is 11.3 Å². The zero-order chi connectivity index (χ0) is 37.5. The lowest BCUT2D eigenvalue weighted by atomic mass is 10.00. The number of thiophene rings is 1. The molecule has 0 aliphatic rings. The molecule has 0 saturated heterocycles. The van der Waals surface area contributed by atoms with E-state index in [9.17, 15) is 0 Å². The summed E-state index contributed by atoms with van der Waals surface area (Å²) in [7, 11) is 0. The molecule has 0 fully saturated rings. The number of hydrogen-bond acceptors (Lipinski definition) is 2. The zero-order valence-corrected chi connectivity index (χ0v) is 31.6. The van der Waals surface area contributed by atoms with Crippen molar-refractivity contribution in [2.45, 2.75) is 0 Å². The minimum atomic E-state index is 0.946. The van der Waals surface area contributed by atoms with Gasteiger partial charge in [0, 0.05) is 64.2 Å². The molecule has 3 nitrogen and oxygen atoms in total. The van der Waals surface area contributed by atoms with Gasteiger partial charge in [0.1, 0.15) is 0 Å². The molecular formula is C53H33N3S. The molecule has 0 unspecified atom stereocenters. The summed E-state index contributed by atoms with van der Waals surface area (Å²) in [6.07, 6.45) is 0. The van der Waals surface area contributed by atoms with Gasteiger partial charge in [0.2, 0.25) is 0 Å². The highest BCUT2D eigenvalue weighted by atomic mass is 32.1. The lowest BCUT2D eigenvalue weighted by molar-refractivity contribution is 1.18. The van der Waals surface area contributed by atoms with Crippen molar-refractivity contribution in [3.8, 4) is 45.0 Å². The minimum Gasteiger partial charge on any atom is -0.309 e. The second-order valence-corrected chi connectivity index (χ2v) is 15.8. The van der Waals surface area contributed by atoms with E-state index < -0.39 is 0 Å². The average molecular weight is 744 g/mol. The summed E-state index contributed by atoms with van der Waals surface area (Å²) >= 11 is 1.91. The van der Waals surface area contributed by atoms with Gasteiger partial charge in [-0.05, 0) is 71.8 Å². The van der Waals surface area contributed by atoms with Gasteiger partial charge in [-0.3, -0.25) is 0 Å². The molecule has 4 heteroatoms. The Bertz CT molecular complexity index is 3440. The molecule has 0 aliphatic carbocycles. The molecule has 266 valence electrons. The van der Waals surface area contributed by atoms with Crippen molar-refractivity contribution < 1.29 is 0 Å². The smallest absolute Gasteiger partial charge is 0.0716 e. The van der Waals surface area contributed by atoms with Gasteiger partial charge in [-0.15, -0.1) is 11.3 Å². The van der Waals surface area contributed by atoms with Crippen LogP contribution < -0.4 is 0 Å². The Labute approximate surface area is 333 Å². The van der Waals surface area contributed by atoms with Crippen molar-refractivity contribution in [2.75, 3.05) is 0 Å². The van der Waals surface area contributed by atoms with Crippen LogP contribution in [-0.2, 0) is 0 Å². The Morgan fingerprint density at radius 2 is 0.947 bits per heavy atom. The molecule has 57 heavy (non-hydrogen) atoms. The molecule has 0 bridgehead atoms. The predicted octanol–water partition coefficient (Wildman–Crippen LogP) is 14.6. The van der Waals surface area contributed by atoms with Crippen molar-refractivity contribution >= 4 is 75.1 Å². The molecule has 12 aromatic rings. The van der Waals surface area contributed by atoms with Crippen molar-refractivity contribution in [1.29, 1.82) is 0 Å². The van der Waals surface area contributed by atoms with Crippen molar-refractivity contribution in [1.82, 2.24) is 14.1 Å². The van der Waals surface area contributed by atoms with Crippen molar-refractivity contribution in [2.24, 2.45) is 0 Å². The summed E-state index contributed by atoms with van der Waals surface area (Å²) in [4.78, 5) is 5.30. The van der Waals surface area contributed by atoms with E-state index in [0.29, 0.717) is 0 Å². The molecule has 0 saturated carbocycles. The maximum Gasteiger partial charge on any atom is 0.0716 e. The number of hydrogen-bond donors (Lipinski definition) is 0. The predicted molar refractivity (Wildman–Crippen MR) is 242 cm³/mol. The summed E-state index contributed by atoms with van der Waals surface area (Å²) in [5.41, 5.74) is 13.6. The Kier molecular flexibility index (Phi) is 7.10. The van der Waals surface area contributed by atoms with Gasteiger partial charge < -0.3 is 9.13 Å². The third-order valence-electron chi connectivity index (χ3n) is 11.5. The van der Waals surface area contributed by atoms with Crippen LogP contribution >= 0.6 is 11.3 Å². The zero-order valence-electron chi connectivity index (χ0n) is 30.8. The maximum absolute atomic E-state index is 5.30. The quantitative estimate of drug-likeness (QED) is 0.172. The molecule has 0 atom stereocenters. The average Bonchev–Trinajstić information content (AvgIpc) is 3.95. The van der Waals surface area contributed by atoms with Crippen LogP contribution in [-0.4, -0.2) is 14.1 Å². The van der Waals surface area contributed by atoms with E-state index >= 15 is 0 Å². The monoisotopic (exact) mass is 743 g/mol. The van der Waals surface area contributed by atoms with Gasteiger partial charge in [0.05, 0.1) is 33.5 Å². The maximum atomic E-state index is 5.30. The normalized spacial score (nSPS) is 11.9. The number of aromatic nitrogens is 3. The Morgan fingerprint density at radius 3 is 1.72 bits per heavy atom. The molecule has 0 N–H and O–H groups in total. The highest BCUT2D eigenvalue weighted by Gasteiger charge is 2.22. The first-order valence-electron chi connectivity index (χ1n) is 19.4. The molecule has 0 aliphatic heterocycles. The first kappa shape index (κ1) is 32.0. The summed E-state index contributed by atoms with van der Waals surface area (Å²) in [5.74, 6) is 0. The van der Waals surface area contributed by atoms with E-state index in [1.54, 1.807) is 0 Å². The van der Waals surface area contributed by atoms with Gasteiger partial charge in [-0.2, -0.15) is 0 Å². The van der Waals surface area contributed by atoms with Crippen LogP contribution in [0, 0.1) is 0 Å². The molecule has 0 spiro atoms. The first-order valence-corrected chi connectivity index (χ1v) is 20.2. The van der Waals surface area contributed by atoms with Crippen LogP contribution in [0.1, 0.15) is 0 Å². The van der Waals surface area contributed by atoms with Crippen LogP contribution in [0.3, 0.4) is 0 Å². The van der Waals surface area contributed by atoms with E-state index in [2.05, 4.69) is 209 Å². The first-order chi connectivity index (χ1) is 28.3. The van der Waals surface area contributed by atoms with E-state index in [1.165, 1.54) is 75.0 Å². The number of para-hydroxylation sites is 3. The van der Waals surface area contributed by atoms with Gasteiger partial charge in [0.25, 0.3) is 0 Å². The van der Waals surface area contributed by atoms with Crippen molar-refractivity contribution in [3.63, 3.8) is 0 Å². The van der Waals surface area contributed by atoms with Crippen LogP contribution in [0.5, 0.6) is 0 Å². The summed E-state index contributed by atoms with van der Waals surface area (Å²) < 4.78 is 7.50. The van der Waals surface area contributed by atoms with E-state index in [0.717, 1.165) is 33.8 Å². The van der Waals surface area contributed by atoms with E-state index in [-0.39, 0.29) is 0 Å². The SMILES string of the molecule is c1ccc(-c2cc(-c3ccccc3)nc(-c3cccc(-n4c5ccccc5c5ccc6sc7c(ccc8c7c7ccccc7n8-c7ccccc7)c6c54)c3)c2)cc1.